The van der Waals surface area contributed by atoms with E-state index in [4.69, 9.17) is 5.73 Å². The van der Waals surface area contributed by atoms with E-state index in [1.165, 1.54) is 6.07 Å². The summed E-state index contributed by atoms with van der Waals surface area (Å²) in [7, 11) is 0. The first-order chi connectivity index (χ1) is 12.5. The summed E-state index contributed by atoms with van der Waals surface area (Å²) < 4.78 is 0. The molecule has 2 aromatic carbocycles. The van der Waals surface area contributed by atoms with E-state index in [2.05, 4.69) is 0 Å². The summed E-state index contributed by atoms with van der Waals surface area (Å²) >= 11 is 0. The quantitative estimate of drug-likeness (QED) is 0.882. The molecular weight excluding hydrogens is 332 g/mol. The summed E-state index contributed by atoms with van der Waals surface area (Å²) in [6.45, 7) is 0.848. The van der Waals surface area contributed by atoms with Crippen molar-refractivity contribution in [3.63, 3.8) is 0 Å². The Bertz CT molecular complexity index is 862. The number of nitrogens with two attached hydrogens (primary N) is 1. The molecule has 0 bridgehead atoms. The molecule has 6 nitrogen and oxygen atoms in total. The third-order valence-electron chi connectivity index (χ3n) is 4.72. The number of hydrogen-bond donors (Lipinski definition) is 2. The Hall–Kier alpha value is -3.15. The van der Waals surface area contributed by atoms with Crippen LogP contribution in [0.4, 0.5) is 0 Å². The Morgan fingerprint density at radius 2 is 1.54 bits per heavy atom. The molecule has 3 rings (SSSR count). The molecule has 2 aromatic rings. The van der Waals surface area contributed by atoms with Gasteiger partial charge in [0, 0.05) is 18.7 Å². The van der Waals surface area contributed by atoms with E-state index in [1.807, 2.05) is 0 Å². The fraction of sp³-hybridized carbons (Fsp3) is 0.250. The molecule has 0 radical (unpaired) electrons. The average Bonchev–Trinajstić information content (AvgIpc) is 2.67. The van der Waals surface area contributed by atoms with Gasteiger partial charge in [-0.25, -0.2) is 4.79 Å². The molecule has 1 unspecified atom stereocenters. The van der Waals surface area contributed by atoms with E-state index < -0.39 is 11.9 Å². The molecule has 0 aliphatic carbocycles. The number of aromatic carboxylic acids is 1. The molecule has 1 aliphatic heterocycles. The van der Waals surface area contributed by atoms with Crippen LogP contribution >= 0.6 is 0 Å². The second kappa shape index (κ2) is 7.39. The highest BCUT2D eigenvalue weighted by molar-refractivity contribution is 6.04. The largest absolute Gasteiger partial charge is 0.478 e. The lowest BCUT2D eigenvalue weighted by Gasteiger charge is -2.31. The normalized spacial score (nSPS) is 16.9. The van der Waals surface area contributed by atoms with Gasteiger partial charge in [0.15, 0.2) is 0 Å². The van der Waals surface area contributed by atoms with Crippen molar-refractivity contribution < 1.29 is 19.5 Å². The summed E-state index contributed by atoms with van der Waals surface area (Å²) in [5.41, 5.74) is 7.02. The minimum Gasteiger partial charge on any atom is -0.478 e. The van der Waals surface area contributed by atoms with Gasteiger partial charge in [-0.1, -0.05) is 36.4 Å². The molecule has 1 heterocycles. The highest BCUT2D eigenvalue weighted by Gasteiger charge is 2.29. The van der Waals surface area contributed by atoms with Gasteiger partial charge >= 0.3 is 5.97 Å². The monoisotopic (exact) mass is 352 g/mol. The number of rotatable bonds is 4. The molecule has 0 aromatic heterocycles. The number of likely N-dealkylation sites (tertiary alicyclic amines) is 1. The van der Waals surface area contributed by atoms with E-state index in [9.17, 15) is 19.5 Å². The minimum atomic E-state index is -1.05. The van der Waals surface area contributed by atoms with Gasteiger partial charge in [-0.3, -0.25) is 9.59 Å². The van der Waals surface area contributed by atoms with Crippen molar-refractivity contribution in [1.82, 2.24) is 4.90 Å². The smallest absolute Gasteiger partial charge is 0.336 e. The molecule has 134 valence electrons. The van der Waals surface area contributed by atoms with Crippen molar-refractivity contribution in [2.24, 2.45) is 11.7 Å². The van der Waals surface area contributed by atoms with Crippen molar-refractivity contribution in [3.05, 3.63) is 59.7 Å². The first-order valence-corrected chi connectivity index (χ1v) is 8.49. The Morgan fingerprint density at radius 1 is 0.962 bits per heavy atom. The van der Waals surface area contributed by atoms with Crippen molar-refractivity contribution in [3.8, 4) is 11.1 Å². The number of piperidine rings is 1. The third-order valence-corrected chi connectivity index (χ3v) is 4.72. The Kier molecular flexibility index (Phi) is 5.02. The molecular formula is C20H20N2O4. The van der Waals surface area contributed by atoms with Crippen LogP contribution < -0.4 is 5.73 Å². The lowest BCUT2D eigenvalue weighted by molar-refractivity contribution is -0.123. The zero-order valence-electron chi connectivity index (χ0n) is 14.2. The summed E-state index contributed by atoms with van der Waals surface area (Å²) in [6.07, 6.45) is 1.40. The lowest BCUT2D eigenvalue weighted by Crippen LogP contribution is -2.44. The van der Waals surface area contributed by atoms with Crippen LogP contribution in [0, 0.1) is 5.92 Å². The second-order valence-electron chi connectivity index (χ2n) is 6.39. The summed E-state index contributed by atoms with van der Waals surface area (Å²) in [5.74, 6) is -2.00. The standard InChI is InChI=1S/C20H20N2O4/c21-18(23)13-6-5-11-22(12-13)19(24)16-9-3-1-7-14(16)15-8-2-4-10-17(15)20(25)26/h1-4,7-10,13H,5-6,11-12H2,(H2,21,23)(H,25,26). The van der Waals surface area contributed by atoms with Crippen LogP contribution in [-0.4, -0.2) is 40.9 Å². The van der Waals surface area contributed by atoms with Gasteiger partial charge < -0.3 is 15.7 Å². The Balaban J connectivity index is 1.99. The number of amides is 2. The van der Waals surface area contributed by atoms with Gasteiger partial charge in [-0.15, -0.1) is 0 Å². The number of carbonyl (C=O) groups is 3. The zero-order chi connectivity index (χ0) is 18.7. The lowest BCUT2D eigenvalue weighted by atomic mass is 9.93. The first-order valence-electron chi connectivity index (χ1n) is 8.49. The summed E-state index contributed by atoms with van der Waals surface area (Å²) in [4.78, 5) is 37.7. The van der Waals surface area contributed by atoms with Crippen molar-refractivity contribution in [1.29, 1.82) is 0 Å². The first kappa shape index (κ1) is 17.7. The van der Waals surface area contributed by atoms with Crippen molar-refractivity contribution >= 4 is 17.8 Å². The minimum absolute atomic E-state index is 0.140. The second-order valence-corrected chi connectivity index (χ2v) is 6.39. The summed E-state index contributed by atoms with van der Waals surface area (Å²) in [6, 6.07) is 13.5. The van der Waals surface area contributed by atoms with Crippen LogP contribution in [0.2, 0.25) is 0 Å². The Labute approximate surface area is 151 Å². The van der Waals surface area contributed by atoms with Gasteiger partial charge in [0.1, 0.15) is 0 Å². The maximum atomic E-state index is 13.1. The average molecular weight is 352 g/mol. The topological polar surface area (TPSA) is 101 Å². The van der Waals surface area contributed by atoms with Crippen molar-refractivity contribution in [2.45, 2.75) is 12.8 Å². The van der Waals surface area contributed by atoms with Crippen LogP contribution in [-0.2, 0) is 4.79 Å². The molecule has 1 saturated heterocycles. The molecule has 2 amide bonds. The van der Waals surface area contributed by atoms with Gasteiger partial charge in [-0.2, -0.15) is 0 Å². The van der Waals surface area contributed by atoms with Crippen LogP contribution in [0.5, 0.6) is 0 Å². The molecule has 1 fully saturated rings. The summed E-state index contributed by atoms with van der Waals surface area (Å²) in [5, 5.41) is 9.45. The number of carboxylic acid groups (broad SMARTS) is 1. The molecule has 0 saturated carbocycles. The predicted octanol–water partition coefficient (Wildman–Crippen LogP) is 2.39. The third kappa shape index (κ3) is 3.44. The van der Waals surface area contributed by atoms with Crippen molar-refractivity contribution in [2.75, 3.05) is 13.1 Å². The number of hydrogen-bond acceptors (Lipinski definition) is 3. The number of primary amides is 1. The maximum Gasteiger partial charge on any atom is 0.336 e. The fourth-order valence-corrected chi connectivity index (χ4v) is 3.37. The maximum absolute atomic E-state index is 13.1. The number of carboxylic acids is 1. The molecule has 3 N–H and O–H groups in total. The van der Waals surface area contributed by atoms with E-state index in [0.29, 0.717) is 42.6 Å². The van der Waals surface area contributed by atoms with E-state index in [-0.39, 0.29) is 17.4 Å². The van der Waals surface area contributed by atoms with Crippen LogP contribution in [0.15, 0.2) is 48.5 Å². The Morgan fingerprint density at radius 3 is 2.15 bits per heavy atom. The van der Waals surface area contributed by atoms with Crippen LogP contribution in [0.3, 0.4) is 0 Å². The SMILES string of the molecule is NC(=O)C1CCCN(C(=O)c2ccccc2-c2ccccc2C(=O)O)C1. The van der Waals surface area contributed by atoms with E-state index in [1.54, 1.807) is 47.4 Å². The number of benzene rings is 2. The molecule has 6 heteroatoms. The van der Waals surface area contributed by atoms with Gasteiger partial charge in [0.25, 0.3) is 5.91 Å². The molecule has 0 spiro atoms. The van der Waals surface area contributed by atoms with Gasteiger partial charge in [0.05, 0.1) is 11.5 Å². The number of carbonyl (C=O) groups excluding carboxylic acids is 2. The van der Waals surface area contributed by atoms with E-state index in [0.717, 1.165) is 0 Å². The fourth-order valence-electron chi connectivity index (χ4n) is 3.37. The molecule has 1 atom stereocenters. The van der Waals surface area contributed by atoms with E-state index >= 15 is 0 Å². The highest BCUT2D eigenvalue weighted by Crippen LogP contribution is 2.29. The molecule has 1 aliphatic rings. The molecule has 26 heavy (non-hydrogen) atoms. The highest BCUT2D eigenvalue weighted by atomic mass is 16.4. The van der Waals surface area contributed by atoms with Gasteiger partial charge in [-0.05, 0) is 36.1 Å². The zero-order valence-corrected chi connectivity index (χ0v) is 14.2. The van der Waals surface area contributed by atoms with Crippen LogP contribution in [0.1, 0.15) is 33.6 Å². The van der Waals surface area contributed by atoms with Crippen LogP contribution in [0.25, 0.3) is 11.1 Å². The predicted molar refractivity (Wildman–Crippen MR) is 96.7 cm³/mol. The number of nitrogens with zero attached hydrogens (tertiary/aromatic N) is 1. The van der Waals surface area contributed by atoms with Gasteiger partial charge in [0.2, 0.25) is 5.91 Å².